The van der Waals surface area contributed by atoms with Crippen molar-refractivity contribution in [2.24, 2.45) is 4.99 Å². The summed E-state index contributed by atoms with van der Waals surface area (Å²) in [4.78, 5) is 16.3. The lowest BCUT2D eigenvalue weighted by molar-refractivity contribution is -0.129. The van der Waals surface area contributed by atoms with E-state index >= 15 is 0 Å². The molecule has 1 aliphatic rings. The maximum absolute atomic E-state index is 13.0. The van der Waals surface area contributed by atoms with Gasteiger partial charge in [-0.05, 0) is 48.0 Å². The highest BCUT2D eigenvalue weighted by molar-refractivity contribution is 6.12. The molecule has 2 aromatic carbocycles. The fourth-order valence-corrected chi connectivity index (χ4v) is 2.47. The number of ether oxygens (including phenoxy) is 4. The first-order chi connectivity index (χ1) is 12.5. The van der Waals surface area contributed by atoms with E-state index in [1.165, 1.54) is 45.6 Å². The highest BCUT2D eigenvalue weighted by Crippen LogP contribution is 2.39. The Balaban J connectivity index is 1.99. The van der Waals surface area contributed by atoms with Crippen molar-refractivity contribution in [1.82, 2.24) is 0 Å². The summed E-state index contributed by atoms with van der Waals surface area (Å²) in [5.74, 6) is 0.487. The van der Waals surface area contributed by atoms with Gasteiger partial charge in [-0.2, -0.15) is 0 Å². The second-order valence-electron chi connectivity index (χ2n) is 5.30. The van der Waals surface area contributed by atoms with E-state index in [9.17, 15) is 9.18 Å². The molecule has 0 aromatic heterocycles. The minimum atomic E-state index is -0.599. The summed E-state index contributed by atoms with van der Waals surface area (Å²) < 4.78 is 34.0. The van der Waals surface area contributed by atoms with E-state index < -0.39 is 5.97 Å². The average molecular weight is 357 g/mol. The van der Waals surface area contributed by atoms with Crippen molar-refractivity contribution in [2.75, 3.05) is 21.3 Å². The van der Waals surface area contributed by atoms with Crippen molar-refractivity contribution < 1.29 is 28.1 Å². The van der Waals surface area contributed by atoms with Crippen LogP contribution < -0.4 is 14.2 Å². The summed E-state index contributed by atoms with van der Waals surface area (Å²) in [7, 11) is 4.51. The molecule has 1 heterocycles. The topological polar surface area (TPSA) is 66.4 Å². The zero-order valence-corrected chi connectivity index (χ0v) is 14.4. The van der Waals surface area contributed by atoms with Crippen molar-refractivity contribution in [2.45, 2.75) is 0 Å². The molecule has 0 amide bonds. The van der Waals surface area contributed by atoms with Gasteiger partial charge in [0, 0.05) is 5.56 Å². The summed E-state index contributed by atoms with van der Waals surface area (Å²) >= 11 is 0. The molecule has 0 bridgehead atoms. The number of halogens is 1. The van der Waals surface area contributed by atoms with E-state index in [0.717, 1.165) is 0 Å². The van der Waals surface area contributed by atoms with E-state index in [-0.39, 0.29) is 17.4 Å². The van der Waals surface area contributed by atoms with E-state index in [0.29, 0.717) is 28.4 Å². The van der Waals surface area contributed by atoms with Gasteiger partial charge in [0.2, 0.25) is 11.6 Å². The summed E-state index contributed by atoms with van der Waals surface area (Å²) in [6, 6.07) is 8.90. The van der Waals surface area contributed by atoms with Crippen LogP contribution in [0.25, 0.3) is 6.08 Å². The molecule has 2 aromatic rings. The third-order valence-corrected chi connectivity index (χ3v) is 3.70. The average Bonchev–Trinajstić information content (AvgIpc) is 3.01. The molecule has 0 radical (unpaired) electrons. The summed E-state index contributed by atoms with van der Waals surface area (Å²) in [6.45, 7) is 0. The van der Waals surface area contributed by atoms with Crippen LogP contribution >= 0.6 is 0 Å². The Bertz CT molecular complexity index is 878. The van der Waals surface area contributed by atoms with Gasteiger partial charge in [0.25, 0.3) is 0 Å². The van der Waals surface area contributed by atoms with Crippen LogP contribution in [0.5, 0.6) is 17.2 Å². The molecule has 0 N–H and O–H groups in total. The first kappa shape index (κ1) is 17.5. The third kappa shape index (κ3) is 3.37. The van der Waals surface area contributed by atoms with Gasteiger partial charge in [-0.25, -0.2) is 14.2 Å². The Morgan fingerprint density at radius 1 is 1.00 bits per heavy atom. The Labute approximate surface area is 149 Å². The molecule has 0 saturated carbocycles. The number of carbonyl (C=O) groups is 1. The van der Waals surface area contributed by atoms with E-state index in [1.54, 1.807) is 18.2 Å². The van der Waals surface area contributed by atoms with Crippen LogP contribution in [-0.4, -0.2) is 33.2 Å². The van der Waals surface area contributed by atoms with Crippen molar-refractivity contribution in [1.29, 1.82) is 0 Å². The Hall–Kier alpha value is -3.35. The number of hydrogen-bond acceptors (Lipinski definition) is 6. The van der Waals surface area contributed by atoms with Crippen LogP contribution in [0, 0.1) is 5.82 Å². The molecule has 0 saturated heterocycles. The lowest BCUT2D eigenvalue weighted by Crippen LogP contribution is -2.05. The van der Waals surface area contributed by atoms with Crippen LogP contribution in [0.2, 0.25) is 0 Å². The minimum absolute atomic E-state index is 0.110. The van der Waals surface area contributed by atoms with Crippen molar-refractivity contribution in [3.63, 3.8) is 0 Å². The van der Waals surface area contributed by atoms with Gasteiger partial charge >= 0.3 is 5.97 Å². The van der Waals surface area contributed by atoms with Crippen molar-refractivity contribution in [3.8, 4) is 17.2 Å². The molecule has 0 spiro atoms. The maximum atomic E-state index is 13.0. The predicted octanol–water partition coefficient (Wildman–Crippen LogP) is 3.20. The number of nitrogens with zero attached hydrogens (tertiary/aromatic N) is 1. The molecule has 134 valence electrons. The summed E-state index contributed by atoms with van der Waals surface area (Å²) in [5, 5.41) is 0. The second kappa shape index (κ2) is 7.26. The number of esters is 1. The SMILES string of the molecule is COc1cc(/C=C2\N=C(c3ccc(F)cc3)OC2=O)cc(OC)c1OC. The Kier molecular flexibility index (Phi) is 4.88. The molecular formula is C19H16FNO5. The molecule has 0 unspecified atom stereocenters. The van der Waals surface area contributed by atoms with Crippen LogP contribution in [-0.2, 0) is 9.53 Å². The molecule has 0 atom stereocenters. The number of rotatable bonds is 5. The largest absolute Gasteiger partial charge is 0.493 e. The van der Waals surface area contributed by atoms with E-state index in [4.69, 9.17) is 18.9 Å². The molecule has 6 nitrogen and oxygen atoms in total. The lowest BCUT2D eigenvalue weighted by Gasteiger charge is -2.12. The molecule has 7 heteroatoms. The third-order valence-electron chi connectivity index (χ3n) is 3.70. The fourth-order valence-electron chi connectivity index (χ4n) is 2.47. The van der Waals surface area contributed by atoms with Crippen LogP contribution in [0.15, 0.2) is 47.1 Å². The van der Waals surface area contributed by atoms with E-state index in [1.807, 2.05) is 0 Å². The van der Waals surface area contributed by atoms with E-state index in [2.05, 4.69) is 4.99 Å². The van der Waals surface area contributed by atoms with Gasteiger partial charge in [-0.3, -0.25) is 0 Å². The first-order valence-electron chi connectivity index (χ1n) is 7.64. The highest BCUT2D eigenvalue weighted by atomic mass is 19.1. The van der Waals surface area contributed by atoms with Gasteiger partial charge in [0.1, 0.15) is 5.82 Å². The number of hydrogen-bond donors (Lipinski definition) is 0. The Morgan fingerprint density at radius 3 is 2.15 bits per heavy atom. The summed E-state index contributed by atoms with van der Waals surface area (Å²) in [5.41, 5.74) is 1.24. The zero-order chi connectivity index (χ0) is 18.7. The number of aliphatic imine (C=N–C) groups is 1. The molecule has 0 aliphatic carbocycles. The van der Waals surface area contributed by atoms with Gasteiger partial charge in [-0.1, -0.05) is 0 Å². The molecule has 0 fully saturated rings. The van der Waals surface area contributed by atoms with Crippen LogP contribution in [0.3, 0.4) is 0 Å². The maximum Gasteiger partial charge on any atom is 0.363 e. The second-order valence-corrected chi connectivity index (χ2v) is 5.30. The number of benzene rings is 2. The first-order valence-corrected chi connectivity index (χ1v) is 7.64. The van der Waals surface area contributed by atoms with Gasteiger partial charge in [0.15, 0.2) is 17.2 Å². The lowest BCUT2D eigenvalue weighted by atomic mass is 10.1. The highest BCUT2D eigenvalue weighted by Gasteiger charge is 2.24. The monoisotopic (exact) mass is 357 g/mol. The van der Waals surface area contributed by atoms with Crippen molar-refractivity contribution >= 4 is 17.9 Å². The molecule has 1 aliphatic heterocycles. The summed E-state index contributed by atoms with van der Waals surface area (Å²) in [6.07, 6.45) is 1.54. The van der Waals surface area contributed by atoms with Crippen LogP contribution in [0.4, 0.5) is 4.39 Å². The molecule has 3 rings (SSSR count). The standard InChI is InChI=1S/C19H16FNO5/c1-23-15-9-11(10-16(24-2)17(15)25-3)8-14-19(22)26-18(21-14)12-4-6-13(20)7-5-12/h4-10H,1-3H3/b14-8-. The zero-order valence-electron chi connectivity index (χ0n) is 14.4. The number of cyclic esters (lactones) is 1. The fraction of sp³-hybridized carbons (Fsp3) is 0.158. The van der Waals surface area contributed by atoms with Gasteiger partial charge < -0.3 is 18.9 Å². The Morgan fingerprint density at radius 2 is 1.62 bits per heavy atom. The smallest absolute Gasteiger partial charge is 0.363 e. The normalized spacial score (nSPS) is 14.8. The van der Waals surface area contributed by atoms with Gasteiger partial charge in [0.05, 0.1) is 21.3 Å². The molecular weight excluding hydrogens is 341 g/mol. The number of carbonyl (C=O) groups excluding carboxylic acids is 1. The van der Waals surface area contributed by atoms with Crippen molar-refractivity contribution in [3.05, 3.63) is 59.0 Å². The quantitative estimate of drug-likeness (QED) is 0.607. The minimum Gasteiger partial charge on any atom is -0.493 e. The van der Waals surface area contributed by atoms with Gasteiger partial charge in [-0.15, -0.1) is 0 Å². The number of methoxy groups -OCH3 is 3. The van der Waals surface area contributed by atoms with Crippen LogP contribution in [0.1, 0.15) is 11.1 Å². The predicted molar refractivity (Wildman–Crippen MR) is 93.1 cm³/mol. The molecule has 26 heavy (non-hydrogen) atoms.